The van der Waals surface area contributed by atoms with Crippen LogP contribution in [0.25, 0.3) is 10.4 Å². The van der Waals surface area contributed by atoms with E-state index in [1.54, 1.807) is 13.8 Å². The van der Waals surface area contributed by atoms with Gasteiger partial charge < -0.3 is 15.2 Å². The second-order valence-electron chi connectivity index (χ2n) is 4.28. The number of hydrogen-bond acceptors (Lipinski definition) is 4. The van der Waals surface area contributed by atoms with Crippen LogP contribution in [0.15, 0.2) is 5.11 Å². The van der Waals surface area contributed by atoms with Crippen molar-refractivity contribution in [1.82, 2.24) is 5.32 Å². The quantitative estimate of drug-likeness (QED) is 0.312. The molecule has 0 aromatic rings. The molecule has 0 aliphatic rings. The van der Waals surface area contributed by atoms with Crippen molar-refractivity contribution in [2.75, 3.05) is 6.54 Å². The van der Waals surface area contributed by atoms with Crippen molar-refractivity contribution in [3.63, 3.8) is 0 Å². The Balaban J connectivity index is 4.23. The third-order valence-electron chi connectivity index (χ3n) is 1.77. The van der Waals surface area contributed by atoms with E-state index in [-0.39, 0.29) is 13.0 Å². The number of ether oxygens (including phenoxy) is 1. The lowest BCUT2D eigenvalue weighted by atomic mass is 10.1. The molecule has 0 aliphatic carbocycles. The van der Waals surface area contributed by atoms with Crippen molar-refractivity contribution in [2.24, 2.45) is 5.11 Å². The van der Waals surface area contributed by atoms with Gasteiger partial charge in [-0.25, -0.2) is 9.59 Å². The van der Waals surface area contributed by atoms with Gasteiger partial charge in [0.15, 0.2) is 0 Å². The van der Waals surface area contributed by atoms with E-state index < -0.39 is 23.7 Å². The van der Waals surface area contributed by atoms with Crippen LogP contribution < -0.4 is 5.32 Å². The first-order valence-corrected chi connectivity index (χ1v) is 5.35. The monoisotopic (exact) mass is 257 g/mol. The molecule has 0 unspecified atom stereocenters. The fraction of sp³-hybridized carbons (Fsp3) is 0.700. The molecule has 0 heterocycles. The number of carboxylic acids is 1. The number of nitrogens with zero attached hydrogens (tertiary/aromatic N) is 3. The molecule has 18 heavy (non-hydrogen) atoms. The van der Waals surface area contributed by atoms with Gasteiger partial charge in [0.2, 0.25) is 0 Å². The summed E-state index contributed by atoms with van der Waals surface area (Å²) in [4.78, 5) is 24.8. The fourth-order valence-corrected chi connectivity index (χ4v) is 1.09. The SMILES string of the molecule is [CH2]C(C)(C)OC(=O)N[C@@H](CCCN=[N+]=[N-])C(=O)O. The standard InChI is InChI=1S/C10H17N4O4/c1-10(2,3)18-9(17)13-7(8(15)16)5-4-6-12-14-11/h7H,1,4-6H2,2-3H3,(H,13,17)(H,15,16)/t7-/m0/s1. The highest BCUT2D eigenvalue weighted by molar-refractivity contribution is 5.79. The Hall–Kier alpha value is -1.95. The first kappa shape index (κ1) is 16.1. The molecule has 8 nitrogen and oxygen atoms in total. The van der Waals surface area contributed by atoms with Gasteiger partial charge in [0.1, 0.15) is 11.6 Å². The van der Waals surface area contributed by atoms with Crippen LogP contribution in [0.1, 0.15) is 26.7 Å². The number of alkyl carbamates (subject to hydrolysis) is 1. The number of carbonyl (C=O) groups is 2. The number of azide groups is 1. The molecule has 0 spiro atoms. The molecular formula is C10H17N4O4. The summed E-state index contributed by atoms with van der Waals surface area (Å²) in [6, 6.07) is -1.08. The van der Waals surface area contributed by atoms with Gasteiger partial charge in [-0.1, -0.05) is 5.11 Å². The maximum atomic E-state index is 11.3. The van der Waals surface area contributed by atoms with Crippen LogP contribution in [0.4, 0.5) is 4.79 Å². The van der Waals surface area contributed by atoms with Gasteiger partial charge in [0.05, 0.1) is 0 Å². The van der Waals surface area contributed by atoms with Crippen LogP contribution in [0.3, 0.4) is 0 Å². The van der Waals surface area contributed by atoms with E-state index in [1.807, 2.05) is 0 Å². The van der Waals surface area contributed by atoms with E-state index in [4.69, 9.17) is 15.4 Å². The highest BCUT2D eigenvalue weighted by atomic mass is 16.6. The Morgan fingerprint density at radius 2 is 2.22 bits per heavy atom. The second kappa shape index (κ2) is 7.39. The molecule has 1 radical (unpaired) electrons. The largest absolute Gasteiger partial charge is 0.480 e. The minimum absolute atomic E-state index is 0.154. The number of aliphatic carboxylic acids is 1. The van der Waals surface area contributed by atoms with Crippen molar-refractivity contribution in [3.05, 3.63) is 17.4 Å². The predicted octanol–water partition coefficient (Wildman–Crippen LogP) is 1.87. The highest BCUT2D eigenvalue weighted by Crippen LogP contribution is 2.07. The van der Waals surface area contributed by atoms with Crippen molar-refractivity contribution in [2.45, 2.75) is 38.3 Å². The number of hydrogen-bond donors (Lipinski definition) is 2. The van der Waals surface area contributed by atoms with Crippen molar-refractivity contribution in [3.8, 4) is 0 Å². The summed E-state index contributed by atoms with van der Waals surface area (Å²) < 4.78 is 4.84. The molecule has 0 aromatic carbocycles. The van der Waals surface area contributed by atoms with E-state index in [0.717, 1.165) is 0 Å². The van der Waals surface area contributed by atoms with E-state index in [0.29, 0.717) is 6.42 Å². The Bertz CT molecular complexity index is 344. The fourth-order valence-electron chi connectivity index (χ4n) is 1.09. The van der Waals surface area contributed by atoms with Crippen molar-refractivity contribution < 1.29 is 19.4 Å². The zero-order chi connectivity index (χ0) is 14.2. The maximum Gasteiger partial charge on any atom is 0.408 e. The smallest absolute Gasteiger partial charge is 0.408 e. The van der Waals surface area contributed by atoms with Gasteiger partial charge in [-0.05, 0) is 39.1 Å². The second-order valence-corrected chi connectivity index (χ2v) is 4.28. The first-order chi connectivity index (χ1) is 8.26. The highest BCUT2D eigenvalue weighted by Gasteiger charge is 2.23. The normalized spacial score (nSPS) is 12.2. The number of carboxylic acid groups (broad SMARTS) is 1. The summed E-state index contributed by atoms with van der Waals surface area (Å²) in [5.41, 5.74) is 7.13. The summed E-state index contributed by atoms with van der Waals surface area (Å²) in [6.07, 6.45) is -0.331. The van der Waals surface area contributed by atoms with Gasteiger partial charge in [-0.15, -0.1) is 0 Å². The van der Waals surface area contributed by atoms with Crippen LogP contribution in [-0.2, 0) is 9.53 Å². The first-order valence-electron chi connectivity index (χ1n) is 5.35. The zero-order valence-corrected chi connectivity index (χ0v) is 10.4. The van der Waals surface area contributed by atoms with Crippen LogP contribution in [0.5, 0.6) is 0 Å². The van der Waals surface area contributed by atoms with Gasteiger partial charge in [0, 0.05) is 11.5 Å². The number of nitrogens with one attached hydrogen (secondary N) is 1. The molecule has 2 N–H and O–H groups in total. The van der Waals surface area contributed by atoms with Crippen LogP contribution in [-0.4, -0.2) is 35.4 Å². The van der Waals surface area contributed by atoms with Crippen molar-refractivity contribution in [1.29, 1.82) is 0 Å². The number of rotatable bonds is 7. The molecule has 0 bridgehead atoms. The van der Waals surface area contributed by atoms with Crippen molar-refractivity contribution >= 4 is 12.1 Å². The van der Waals surface area contributed by atoms with Crippen LogP contribution >= 0.6 is 0 Å². The molecule has 0 saturated carbocycles. The minimum atomic E-state index is -1.17. The molecule has 0 saturated heterocycles. The molecule has 0 rings (SSSR count). The Morgan fingerprint density at radius 1 is 1.61 bits per heavy atom. The molecule has 1 amide bonds. The molecule has 0 fully saturated rings. The van der Waals surface area contributed by atoms with E-state index >= 15 is 0 Å². The summed E-state index contributed by atoms with van der Waals surface area (Å²) in [6.45, 7) is 6.89. The minimum Gasteiger partial charge on any atom is -0.480 e. The molecule has 0 aromatic heterocycles. The van der Waals surface area contributed by atoms with Gasteiger partial charge in [-0.3, -0.25) is 0 Å². The molecule has 101 valence electrons. The van der Waals surface area contributed by atoms with Crippen LogP contribution in [0.2, 0.25) is 0 Å². The van der Waals surface area contributed by atoms with E-state index in [1.165, 1.54) is 0 Å². The molecule has 0 aliphatic heterocycles. The summed E-state index contributed by atoms with van der Waals surface area (Å²) in [5.74, 6) is -1.17. The zero-order valence-electron chi connectivity index (χ0n) is 10.4. The Kier molecular flexibility index (Phi) is 6.59. The number of carbonyl (C=O) groups excluding carboxylic acids is 1. The maximum absolute atomic E-state index is 11.3. The van der Waals surface area contributed by atoms with E-state index in [9.17, 15) is 9.59 Å². The average molecular weight is 257 g/mol. The van der Waals surface area contributed by atoms with Gasteiger partial charge >= 0.3 is 12.1 Å². The van der Waals surface area contributed by atoms with Crippen LogP contribution in [0, 0.1) is 6.92 Å². The van der Waals surface area contributed by atoms with Gasteiger partial charge in [-0.2, -0.15) is 0 Å². The summed E-state index contributed by atoms with van der Waals surface area (Å²) in [5, 5.41) is 14.4. The summed E-state index contributed by atoms with van der Waals surface area (Å²) in [7, 11) is 0. The molecular weight excluding hydrogens is 240 g/mol. The lowest BCUT2D eigenvalue weighted by molar-refractivity contribution is -0.139. The van der Waals surface area contributed by atoms with E-state index in [2.05, 4.69) is 22.3 Å². The lowest BCUT2D eigenvalue weighted by Crippen LogP contribution is -2.43. The number of amides is 1. The third-order valence-corrected chi connectivity index (χ3v) is 1.77. The molecule has 1 atom stereocenters. The lowest BCUT2D eigenvalue weighted by Gasteiger charge is -2.21. The Labute approximate surface area is 105 Å². The Morgan fingerprint density at radius 3 is 2.67 bits per heavy atom. The third kappa shape index (κ3) is 8.23. The molecule has 8 heteroatoms. The predicted molar refractivity (Wildman–Crippen MR) is 63.7 cm³/mol. The van der Waals surface area contributed by atoms with Gasteiger partial charge in [0.25, 0.3) is 0 Å². The summed E-state index contributed by atoms with van der Waals surface area (Å²) >= 11 is 0. The average Bonchev–Trinajstić information content (AvgIpc) is 2.19. The topological polar surface area (TPSA) is 124 Å².